The summed E-state index contributed by atoms with van der Waals surface area (Å²) in [5.74, 6) is -0.308. The molecule has 0 radical (unpaired) electrons. The van der Waals surface area contributed by atoms with E-state index in [1.165, 1.54) is 19.1 Å². The molecule has 2 heterocycles. The van der Waals surface area contributed by atoms with E-state index in [4.69, 9.17) is 14.3 Å². The van der Waals surface area contributed by atoms with E-state index in [-0.39, 0.29) is 5.56 Å². The minimum Gasteiger partial charge on any atom is -0.478 e. The van der Waals surface area contributed by atoms with Crippen LogP contribution in [0.3, 0.4) is 0 Å². The molecule has 1 atom stereocenters. The van der Waals surface area contributed by atoms with E-state index < -0.39 is 5.97 Å². The Morgan fingerprint density at radius 3 is 3.06 bits per heavy atom. The number of furan rings is 1. The Bertz CT molecular complexity index is 382. The maximum Gasteiger partial charge on any atom is 0.338 e. The standard InChI is InChI=1S/C13H19NO4/c15-13(16)10-7-12(18-9-10)8-14-5-4-11-3-1-2-6-17-11/h7,9,11,14H,1-6,8H2,(H,15,16). The highest BCUT2D eigenvalue weighted by molar-refractivity contribution is 5.87. The fraction of sp³-hybridized carbons (Fsp3) is 0.615. The summed E-state index contributed by atoms with van der Waals surface area (Å²) in [6.07, 6.45) is 6.21. The third-order valence-electron chi connectivity index (χ3n) is 3.12. The average Bonchev–Trinajstić information content (AvgIpc) is 2.85. The summed E-state index contributed by atoms with van der Waals surface area (Å²) in [5, 5.41) is 12.0. The maximum atomic E-state index is 10.7. The summed E-state index contributed by atoms with van der Waals surface area (Å²) in [6.45, 7) is 2.29. The van der Waals surface area contributed by atoms with Crippen molar-refractivity contribution in [3.63, 3.8) is 0 Å². The van der Waals surface area contributed by atoms with Crippen molar-refractivity contribution in [2.75, 3.05) is 13.2 Å². The van der Waals surface area contributed by atoms with Crippen molar-refractivity contribution in [2.24, 2.45) is 0 Å². The molecule has 1 aromatic rings. The lowest BCUT2D eigenvalue weighted by Gasteiger charge is -2.22. The SMILES string of the molecule is O=C(O)c1coc(CNCCC2CCCCO2)c1. The third kappa shape index (κ3) is 3.85. The first-order valence-corrected chi connectivity index (χ1v) is 6.39. The molecule has 5 nitrogen and oxygen atoms in total. The number of hydrogen-bond donors (Lipinski definition) is 2. The van der Waals surface area contributed by atoms with E-state index in [9.17, 15) is 4.79 Å². The molecule has 1 unspecified atom stereocenters. The van der Waals surface area contributed by atoms with Crippen molar-refractivity contribution in [1.82, 2.24) is 5.32 Å². The molecule has 100 valence electrons. The summed E-state index contributed by atoms with van der Waals surface area (Å²) < 4.78 is 10.8. The first kappa shape index (κ1) is 13.1. The van der Waals surface area contributed by atoms with Gasteiger partial charge in [-0.15, -0.1) is 0 Å². The van der Waals surface area contributed by atoms with Gasteiger partial charge in [-0.05, 0) is 38.3 Å². The highest BCUT2D eigenvalue weighted by Gasteiger charge is 2.13. The summed E-state index contributed by atoms with van der Waals surface area (Å²) >= 11 is 0. The number of rotatable bonds is 6. The van der Waals surface area contributed by atoms with Gasteiger partial charge in [-0.2, -0.15) is 0 Å². The molecular weight excluding hydrogens is 234 g/mol. The van der Waals surface area contributed by atoms with Crippen molar-refractivity contribution in [2.45, 2.75) is 38.3 Å². The van der Waals surface area contributed by atoms with Gasteiger partial charge in [0.1, 0.15) is 12.0 Å². The molecule has 1 saturated heterocycles. The van der Waals surface area contributed by atoms with Gasteiger partial charge in [-0.3, -0.25) is 0 Å². The van der Waals surface area contributed by atoms with Gasteiger partial charge in [-0.1, -0.05) is 0 Å². The average molecular weight is 253 g/mol. The van der Waals surface area contributed by atoms with Gasteiger partial charge in [-0.25, -0.2) is 4.79 Å². The van der Waals surface area contributed by atoms with E-state index >= 15 is 0 Å². The first-order valence-electron chi connectivity index (χ1n) is 6.39. The van der Waals surface area contributed by atoms with E-state index in [1.807, 2.05) is 0 Å². The second-order valence-electron chi connectivity index (χ2n) is 4.56. The number of ether oxygens (including phenoxy) is 1. The molecule has 2 N–H and O–H groups in total. The van der Waals surface area contributed by atoms with Gasteiger partial charge in [0.05, 0.1) is 18.2 Å². The predicted octanol–water partition coefficient (Wildman–Crippen LogP) is 2.03. The Morgan fingerprint density at radius 2 is 2.39 bits per heavy atom. The van der Waals surface area contributed by atoms with Gasteiger partial charge in [0.25, 0.3) is 0 Å². The smallest absolute Gasteiger partial charge is 0.338 e. The number of nitrogens with one attached hydrogen (secondary N) is 1. The zero-order valence-corrected chi connectivity index (χ0v) is 10.4. The molecule has 0 saturated carbocycles. The van der Waals surface area contributed by atoms with Gasteiger partial charge in [0, 0.05) is 6.61 Å². The Labute approximate surface area is 106 Å². The van der Waals surface area contributed by atoms with Crippen LogP contribution in [0, 0.1) is 0 Å². The minimum absolute atomic E-state index is 0.197. The largest absolute Gasteiger partial charge is 0.478 e. The van der Waals surface area contributed by atoms with Crippen molar-refractivity contribution in [3.05, 3.63) is 23.7 Å². The molecule has 1 fully saturated rings. The lowest BCUT2D eigenvalue weighted by atomic mass is 10.1. The van der Waals surface area contributed by atoms with E-state index in [1.54, 1.807) is 6.07 Å². The zero-order chi connectivity index (χ0) is 12.8. The molecule has 0 aliphatic carbocycles. The molecule has 0 bridgehead atoms. The monoisotopic (exact) mass is 253 g/mol. The van der Waals surface area contributed by atoms with Crippen LogP contribution in [0.2, 0.25) is 0 Å². The fourth-order valence-electron chi connectivity index (χ4n) is 2.10. The van der Waals surface area contributed by atoms with Crippen LogP contribution in [0.15, 0.2) is 16.7 Å². The molecule has 2 rings (SSSR count). The normalized spacial score (nSPS) is 19.9. The summed E-state index contributed by atoms with van der Waals surface area (Å²) in [6, 6.07) is 1.55. The number of carboxylic acids is 1. The predicted molar refractivity (Wildman–Crippen MR) is 65.6 cm³/mol. The van der Waals surface area contributed by atoms with Crippen molar-refractivity contribution < 1.29 is 19.1 Å². The zero-order valence-electron chi connectivity index (χ0n) is 10.4. The molecule has 1 aromatic heterocycles. The quantitative estimate of drug-likeness (QED) is 0.759. The first-order chi connectivity index (χ1) is 8.75. The van der Waals surface area contributed by atoms with Crippen molar-refractivity contribution >= 4 is 5.97 Å². The number of carboxylic acid groups (broad SMARTS) is 1. The lowest BCUT2D eigenvalue weighted by Crippen LogP contribution is -2.25. The molecule has 1 aliphatic heterocycles. The maximum absolute atomic E-state index is 10.7. The van der Waals surface area contributed by atoms with Crippen molar-refractivity contribution in [3.8, 4) is 0 Å². The lowest BCUT2D eigenvalue weighted by molar-refractivity contribution is 0.0115. The highest BCUT2D eigenvalue weighted by Crippen LogP contribution is 2.15. The van der Waals surface area contributed by atoms with Crippen LogP contribution in [-0.4, -0.2) is 30.3 Å². The molecular formula is C13H19NO4. The molecule has 1 aliphatic rings. The second-order valence-corrected chi connectivity index (χ2v) is 4.56. The van der Waals surface area contributed by atoms with Crippen molar-refractivity contribution in [1.29, 1.82) is 0 Å². The molecule has 0 aromatic carbocycles. The topological polar surface area (TPSA) is 71.7 Å². The van der Waals surface area contributed by atoms with Gasteiger partial charge in [0.15, 0.2) is 0 Å². The number of carbonyl (C=O) groups is 1. The van der Waals surface area contributed by atoms with Crippen LogP contribution < -0.4 is 5.32 Å². The van der Waals surface area contributed by atoms with Crippen LogP contribution in [0.5, 0.6) is 0 Å². The van der Waals surface area contributed by atoms with Crippen LogP contribution in [0.1, 0.15) is 41.8 Å². The second kappa shape index (κ2) is 6.56. The van der Waals surface area contributed by atoms with Gasteiger partial charge >= 0.3 is 5.97 Å². The van der Waals surface area contributed by atoms with Crippen LogP contribution in [-0.2, 0) is 11.3 Å². The Hall–Kier alpha value is -1.33. The van der Waals surface area contributed by atoms with Gasteiger partial charge in [0.2, 0.25) is 0 Å². The molecule has 0 amide bonds. The Balaban J connectivity index is 1.63. The highest BCUT2D eigenvalue weighted by atomic mass is 16.5. The van der Waals surface area contributed by atoms with Crippen LogP contribution in [0.25, 0.3) is 0 Å². The minimum atomic E-state index is -0.958. The fourth-order valence-corrected chi connectivity index (χ4v) is 2.10. The van der Waals surface area contributed by atoms with Crippen LogP contribution in [0.4, 0.5) is 0 Å². The summed E-state index contributed by atoms with van der Waals surface area (Å²) in [7, 11) is 0. The Kier molecular flexibility index (Phi) is 4.78. The van der Waals surface area contributed by atoms with Crippen LogP contribution >= 0.6 is 0 Å². The summed E-state index contributed by atoms with van der Waals surface area (Å²) in [4.78, 5) is 10.7. The molecule has 18 heavy (non-hydrogen) atoms. The molecule has 0 spiro atoms. The van der Waals surface area contributed by atoms with E-state index in [0.717, 1.165) is 26.0 Å². The Morgan fingerprint density at radius 1 is 1.50 bits per heavy atom. The van der Waals surface area contributed by atoms with E-state index in [0.29, 0.717) is 18.4 Å². The number of hydrogen-bond acceptors (Lipinski definition) is 4. The third-order valence-corrected chi connectivity index (χ3v) is 3.12. The summed E-state index contributed by atoms with van der Waals surface area (Å²) in [5.41, 5.74) is 0.197. The molecule has 5 heteroatoms. The van der Waals surface area contributed by atoms with E-state index in [2.05, 4.69) is 5.32 Å². The van der Waals surface area contributed by atoms with Gasteiger partial charge < -0.3 is 19.6 Å². The number of aromatic carboxylic acids is 1.